The maximum Gasteiger partial charge on any atom is 0.251 e. The number of ether oxygens (including phenoxy) is 2. The fourth-order valence-electron chi connectivity index (χ4n) is 3.98. The minimum Gasteiger partial charge on any atom is -0.497 e. The number of hydrogen-bond acceptors (Lipinski definition) is 5. The summed E-state index contributed by atoms with van der Waals surface area (Å²) in [6.07, 6.45) is 0. The maximum atomic E-state index is 12.9. The molecule has 0 aliphatic rings. The predicted molar refractivity (Wildman–Crippen MR) is 141 cm³/mol. The Morgan fingerprint density at radius 1 is 0.694 bits per heavy atom. The number of rotatable bonds is 7. The lowest BCUT2D eigenvalue weighted by Crippen LogP contribution is -2.22. The Bertz CT molecular complexity index is 1500. The third kappa shape index (κ3) is 4.88. The topological polar surface area (TPSA) is 73.3 Å². The van der Waals surface area contributed by atoms with Crippen molar-refractivity contribution in [1.82, 2.24) is 15.3 Å². The molecule has 4 aromatic carbocycles. The zero-order chi connectivity index (χ0) is 24.9. The number of amides is 1. The molecule has 0 atom stereocenters. The molecule has 1 heterocycles. The van der Waals surface area contributed by atoms with Crippen molar-refractivity contribution < 1.29 is 14.3 Å². The van der Waals surface area contributed by atoms with Gasteiger partial charge in [0.25, 0.3) is 5.91 Å². The SMILES string of the molecule is COc1ccc(-c2nc3ccc(C(=O)NCc4ccccc4)cc3nc2-c2ccc(OC)cc2)cc1. The quantitative estimate of drug-likeness (QED) is 0.317. The molecular formula is C30H25N3O3. The molecule has 5 aromatic rings. The molecule has 0 spiro atoms. The second-order valence-corrected chi connectivity index (χ2v) is 8.25. The van der Waals surface area contributed by atoms with Crippen LogP contribution in [0.5, 0.6) is 11.5 Å². The first kappa shape index (κ1) is 23.1. The number of hydrogen-bond donors (Lipinski definition) is 1. The Morgan fingerprint density at radius 2 is 1.25 bits per heavy atom. The van der Waals surface area contributed by atoms with Crippen molar-refractivity contribution >= 4 is 16.9 Å². The molecule has 0 bridgehead atoms. The van der Waals surface area contributed by atoms with E-state index in [0.29, 0.717) is 23.1 Å². The second kappa shape index (κ2) is 10.3. The van der Waals surface area contributed by atoms with Crippen LogP contribution in [0.1, 0.15) is 15.9 Å². The van der Waals surface area contributed by atoms with Crippen molar-refractivity contribution in [3.8, 4) is 34.0 Å². The Labute approximate surface area is 209 Å². The molecule has 0 saturated heterocycles. The number of carbonyl (C=O) groups is 1. The molecule has 0 saturated carbocycles. The van der Waals surface area contributed by atoms with E-state index in [0.717, 1.165) is 39.6 Å². The summed E-state index contributed by atoms with van der Waals surface area (Å²) >= 11 is 0. The predicted octanol–water partition coefficient (Wildman–Crippen LogP) is 5.91. The number of fused-ring (bicyclic) bond motifs is 1. The molecule has 0 unspecified atom stereocenters. The van der Waals surface area contributed by atoms with Crippen LogP contribution in [0.2, 0.25) is 0 Å². The summed E-state index contributed by atoms with van der Waals surface area (Å²) in [5.41, 5.74) is 6.20. The standard InChI is InChI=1S/C30H25N3O3/c1-35-24-13-8-21(9-14-24)28-29(22-10-15-25(36-2)16-11-22)33-27-18-23(12-17-26(27)32-28)30(34)31-19-20-6-4-3-5-7-20/h3-18H,19H2,1-2H3,(H,31,34). The molecule has 0 radical (unpaired) electrons. The molecule has 6 heteroatoms. The van der Waals surface area contributed by atoms with Crippen molar-refractivity contribution in [1.29, 1.82) is 0 Å². The van der Waals surface area contributed by atoms with Crippen LogP contribution in [0.3, 0.4) is 0 Å². The van der Waals surface area contributed by atoms with Gasteiger partial charge in [-0.25, -0.2) is 9.97 Å². The van der Waals surface area contributed by atoms with Gasteiger partial charge in [0.2, 0.25) is 0 Å². The van der Waals surface area contributed by atoms with Crippen molar-refractivity contribution in [3.05, 3.63) is 108 Å². The fraction of sp³-hybridized carbons (Fsp3) is 0.100. The summed E-state index contributed by atoms with van der Waals surface area (Å²) in [4.78, 5) is 22.8. The number of aromatic nitrogens is 2. The van der Waals surface area contributed by atoms with Gasteiger partial charge in [-0.1, -0.05) is 30.3 Å². The number of nitrogens with zero attached hydrogens (tertiary/aromatic N) is 2. The van der Waals surface area contributed by atoms with Gasteiger partial charge in [0, 0.05) is 23.2 Å². The van der Waals surface area contributed by atoms with E-state index in [4.69, 9.17) is 19.4 Å². The fourth-order valence-corrected chi connectivity index (χ4v) is 3.98. The minimum absolute atomic E-state index is 0.159. The zero-order valence-electron chi connectivity index (χ0n) is 20.1. The highest BCUT2D eigenvalue weighted by atomic mass is 16.5. The maximum absolute atomic E-state index is 12.9. The van der Waals surface area contributed by atoms with Crippen LogP contribution in [-0.4, -0.2) is 30.1 Å². The van der Waals surface area contributed by atoms with E-state index in [1.165, 1.54) is 0 Å². The highest BCUT2D eigenvalue weighted by molar-refractivity contribution is 5.98. The summed E-state index contributed by atoms with van der Waals surface area (Å²) in [5, 5.41) is 2.97. The highest BCUT2D eigenvalue weighted by Crippen LogP contribution is 2.33. The summed E-state index contributed by atoms with van der Waals surface area (Å²) in [7, 11) is 3.28. The average molecular weight is 476 g/mol. The highest BCUT2D eigenvalue weighted by Gasteiger charge is 2.15. The second-order valence-electron chi connectivity index (χ2n) is 8.25. The average Bonchev–Trinajstić information content (AvgIpc) is 2.95. The molecule has 0 fully saturated rings. The number of nitrogens with one attached hydrogen (secondary N) is 1. The monoisotopic (exact) mass is 475 g/mol. The first-order valence-electron chi connectivity index (χ1n) is 11.6. The van der Waals surface area contributed by atoms with Crippen LogP contribution < -0.4 is 14.8 Å². The lowest BCUT2D eigenvalue weighted by atomic mass is 10.0. The summed E-state index contributed by atoms with van der Waals surface area (Å²) < 4.78 is 10.6. The Morgan fingerprint density at radius 3 is 1.81 bits per heavy atom. The normalized spacial score (nSPS) is 10.7. The Kier molecular flexibility index (Phi) is 6.58. The van der Waals surface area contributed by atoms with Crippen molar-refractivity contribution in [3.63, 3.8) is 0 Å². The third-order valence-electron chi connectivity index (χ3n) is 5.95. The molecular weight excluding hydrogens is 450 g/mol. The number of benzene rings is 4. The first-order chi connectivity index (χ1) is 17.6. The minimum atomic E-state index is -0.159. The van der Waals surface area contributed by atoms with E-state index < -0.39 is 0 Å². The summed E-state index contributed by atoms with van der Waals surface area (Å²) in [6, 6.07) is 30.7. The van der Waals surface area contributed by atoms with E-state index in [1.54, 1.807) is 26.4 Å². The van der Waals surface area contributed by atoms with Gasteiger partial charge < -0.3 is 14.8 Å². The Balaban J connectivity index is 1.54. The van der Waals surface area contributed by atoms with Crippen LogP contribution in [0.4, 0.5) is 0 Å². The summed E-state index contributed by atoms with van der Waals surface area (Å²) in [5.74, 6) is 1.37. The number of carbonyl (C=O) groups excluding carboxylic acids is 1. The Hall–Kier alpha value is -4.71. The van der Waals surface area contributed by atoms with Crippen LogP contribution >= 0.6 is 0 Å². The first-order valence-corrected chi connectivity index (χ1v) is 11.6. The molecule has 0 aliphatic carbocycles. The van der Waals surface area contributed by atoms with Crippen molar-refractivity contribution in [2.75, 3.05) is 14.2 Å². The molecule has 178 valence electrons. The smallest absolute Gasteiger partial charge is 0.251 e. The van der Waals surface area contributed by atoms with Crippen LogP contribution in [0.15, 0.2) is 97.1 Å². The van der Waals surface area contributed by atoms with E-state index in [2.05, 4.69) is 5.32 Å². The molecule has 36 heavy (non-hydrogen) atoms. The van der Waals surface area contributed by atoms with Gasteiger partial charge in [-0.15, -0.1) is 0 Å². The van der Waals surface area contributed by atoms with E-state index in [-0.39, 0.29) is 5.91 Å². The molecule has 6 nitrogen and oxygen atoms in total. The molecule has 1 N–H and O–H groups in total. The van der Waals surface area contributed by atoms with E-state index >= 15 is 0 Å². The summed E-state index contributed by atoms with van der Waals surface area (Å²) in [6.45, 7) is 0.455. The lowest BCUT2D eigenvalue weighted by Gasteiger charge is -2.12. The van der Waals surface area contributed by atoms with Gasteiger partial charge in [-0.3, -0.25) is 4.79 Å². The lowest BCUT2D eigenvalue weighted by molar-refractivity contribution is 0.0951. The zero-order valence-corrected chi connectivity index (χ0v) is 20.1. The largest absolute Gasteiger partial charge is 0.497 e. The van der Waals surface area contributed by atoms with Gasteiger partial charge in [-0.05, 0) is 72.3 Å². The molecule has 5 rings (SSSR count). The van der Waals surface area contributed by atoms with Gasteiger partial charge in [0.05, 0.1) is 36.6 Å². The molecule has 1 aromatic heterocycles. The van der Waals surface area contributed by atoms with Gasteiger partial charge in [-0.2, -0.15) is 0 Å². The van der Waals surface area contributed by atoms with Crippen LogP contribution in [0.25, 0.3) is 33.5 Å². The van der Waals surface area contributed by atoms with Crippen LogP contribution in [0, 0.1) is 0 Å². The van der Waals surface area contributed by atoms with Crippen molar-refractivity contribution in [2.24, 2.45) is 0 Å². The number of methoxy groups -OCH3 is 2. The van der Waals surface area contributed by atoms with Gasteiger partial charge >= 0.3 is 0 Å². The van der Waals surface area contributed by atoms with Crippen LogP contribution in [-0.2, 0) is 6.54 Å². The van der Waals surface area contributed by atoms with E-state index in [1.807, 2.05) is 84.9 Å². The van der Waals surface area contributed by atoms with Crippen molar-refractivity contribution in [2.45, 2.75) is 6.54 Å². The molecule has 0 aliphatic heterocycles. The molecule has 1 amide bonds. The van der Waals surface area contributed by atoms with Gasteiger partial charge in [0.15, 0.2) is 0 Å². The third-order valence-corrected chi connectivity index (χ3v) is 5.95. The van der Waals surface area contributed by atoms with E-state index in [9.17, 15) is 4.79 Å². The van der Waals surface area contributed by atoms with Gasteiger partial charge in [0.1, 0.15) is 11.5 Å².